The lowest BCUT2D eigenvalue weighted by atomic mass is 10.4. The number of carboxylic acid groups (broad SMARTS) is 1. The van der Waals surface area contributed by atoms with Gasteiger partial charge in [-0.05, 0) is 12.8 Å². The predicted octanol–water partition coefficient (Wildman–Crippen LogP) is -0.515. The molecule has 10 heavy (non-hydrogen) atoms. The molecular weight excluding hydrogens is 134 g/mol. The van der Waals surface area contributed by atoms with Crippen LogP contribution in [0.3, 0.4) is 0 Å². The monoisotopic (exact) mass is 145 g/mol. The highest BCUT2D eigenvalue weighted by molar-refractivity contribution is 5.69. The Kier molecular flexibility index (Phi) is 2.24. The van der Waals surface area contributed by atoms with Crippen LogP contribution in [0, 0.1) is 0 Å². The van der Waals surface area contributed by atoms with Crippen molar-refractivity contribution in [3.8, 4) is 0 Å². The minimum atomic E-state index is -0.874. The molecule has 2 N–H and O–H groups in total. The number of aliphatic hydroxyl groups is 1. The Bertz CT molecular complexity index is 137. The summed E-state index contributed by atoms with van der Waals surface area (Å²) < 4.78 is 0. The van der Waals surface area contributed by atoms with Gasteiger partial charge < -0.3 is 10.2 Å². The van der Waals surface area contributed by atoms with Crippen molar-refractivity contribution in [2.75, 3.05) is 13.1 Å². The predicted molar refractivity (Wildman–Crippen MR) is 34.4 cm³/mol. The summed E-state index contributed by atoms with van der Waals surface area (Å²) in [5.74, 6) is -0.874. The van der Waals surface area contributed by atoms with Crippen molar-refractivity contribution in [1.29, 1.82) is 0 Å². The van der Waals surface area contributed by atoms with Crippen LogP contribution in [0.4, 0.5) is 0 Å². The molecule has 1 saturated heterocycles. The van der Waals surface area contributed by atoms with E-state index in [2.05, 4.69) is 0 Å². The van der Waals surface area contributed by atoms with Crippen LogP contribution >= 0.6 is 0 Å². The van der Waals surface area contributed by atoms with Crippen LogP contribution in [0.15, 0.2) is 0 Å². The van der Waals surface area contributed by atoms with Gasteiger partial charge in [0, 0.05) is 6.54 Å². The van der Waals surface area contributed by atoms with Crippen molar-refractivity contribution >= 4 is 5.97 Å². The molecule has 1 heterocycles. The number of hydrogen-bond acceptors (Lipinski definition) is 3. The van der Waals surface area contributed by atoms with Gasteiger partial charge in [0.25, 0.3) is 0 Å². The molecule has 0 amide bonds. The number of nitrogens with zero attached hydrogens (tertiary/aromatic N) is 1. The third-order valence-electron chi connectivity index (χ3n) is 1.67. The van der Waals surface area contributed by atoms with Gasteiger partial charge in [0.15, 0.2) is 0 Å². The Morgan fingerprint density at radius 2 is 2.40 bits per heavy atom. The van der Waals surface area contributed by atoms with Gasteiger partial charge in [-0.2, -0.15) is 0 Å². The number of likely N-dealkylation sites (tertiary alicyclic amines) is 1. The van der Waals surface area contributed by atoms with Crippen LogP contribution in [0.5, 0.6) is 0 Å². The highest BCUT2D eigenvalue weighted by Gasteiger charge is 2.23. The third kappa shape index (κ3) is 1.68. The normalized spacial score (nSPS) is 27.1. The van der Waals surface area contributed by atoms with Gasteiger partial charge in [-0.3, -0.25) is 9.69 Å². The summed E-state index contributed by atoms with van der Waals surface area (Å²) in [5.41, 5.74) is 0. The quantitative estimate of drug-likeness (QED) is 0.549. The first-order valence-corrected chi connectivity index (χ1v) is 3.34. The molecule has 0 aromatic rings. The highest BCUT2D eigenvalue weighted by atomic mass is 16.4. The maximum atomic E-state index is 10.1. The van der Waals surface area contributed by atoms with Crippen molar-refractivity contribution in [3.63, 3.8) is 0 Å². The Labute approximate surface area is 59.1 Å². The summed E-state index contributed by atoms with van der Waals surface area (Å²) >= 11 is 0. The van der Waals surface area contributed by atoms with E-state index in [1.807, 2.05) is 0 Å². The van der Waals surface area contributed by atoms with Crippen LogP contribution in [0.1, 0.15) is 12.8 Å². The minimum Gasteiger partial charge on any atom is -0.480 e. The van der Waals surface area contributed by atoms with Crippen LogP contribution in [-0.4, -0.2) is 40.4 Å². The maximum absolute atomic E-state index is 10.1. The molecule has 1 rings (SSSR count). The topological polar surface area (TPSA) is 60.8 Å². The summed E-state index contributed by atoms with van der Waals surface area (Å²) in [6, 6.07) is 0. The van der Waals surface area contributed by atoms with Crippen molar-refractivity contribution in [3.05, 3.63) is 0 Å². The summed E-state index contributed by atoms with van der Waals surface area (Å²) in [5, 5.41) is 17.4. The van der Waals surface area contributed by atoms with Crippen LogP contribution < -0.4 is 0 Å². The average Bonchev–Trinajstić information content (AvgIpc) is 2.15. The van der Waals surface area contributed by atoms with Gasteiger partial charge in [-0.25, -0.2) is 0 Å². The van der Waals surface area contributed by atoms with E-state index in [0.29, 0.717) is 13.0 Å². The number of rotatable bonds is 2. The second-order valence-corrected chi connectivity index (χ2v) is 2.49. The molecule has 1 aliphatic rings. The van der Waals surface area contributed by atoms with E-state index in [1.165, 1.54) is 0 Å². The molecule has 1 atom stereocenters. The standard InChI is InChI=1S/C6H11NO3/c8-5-2-1-3-7(5)4-6(9)10/h5,8H,1-4H2,(H,9,10)/t5-/m0/s1. The number of carboxylic acids is 1. The molecule has 1 aliphatic heterocycles. The molecule has 0 aromatic heterocycles. The largest absolute Gasteiger partial charge is 0.480 e. The fourth-order valence-corrected chi connectivity index (χ4v) is 1.17. The Morgan fingerprint density at radius 3 is 2.80 bits per heavy atom. The van der Waals surface area contributed by atoms with E-state index in [1.54, 1.807) is 4.90 Å². The molecule has 1 fully saturated rings. The molecule has 0 spiro atoms. The van der Waals surface area contributed by atoms with E-state index >= 15 is 0 Å². The highest BCUT2D eigenvalue weighted by Crippen LogP contribution is 2.13. The summed E-state index contributed by atoms with van der Waals surface area (Å²) in [6.45, 7) is 0.661. The fourth-order valence-electron chi connectivity index (χ4n) is 1.17. The lowest BCUT2D eigenvalue weighted by molar-refractivity contribution is -0.140. The molecule has 0 unspecified atom stereocenters. The second kappa shape index (κ2) is 2.98. The third-order valence-corrected chi connectivity index (χ3v) is 1.67. The SMILES string of the molecule is O=C(O)CN1CCC[C@@H]1O. The smallest absolute Gasteiger partial charge is 0.317 e. The van der Waals surface area contributed by atoms with E-state index in [4.69, 9.17) is 10.2 Å². The first-order chi connectivity index (χ1) is 4.70. The van der Waals surface area contributed by atoms with Gasteiger partial charge in [0.1, 0.15) is 6.23 Å². The molecule has 0 bridgehead atoms. The van der Waals surface area contributed by atoms with E-state index in [9.17, 15) is 4.79 Å². The second-order valence-electron chi connectivity index (χ2n) is 2.49. The maximum Gasteiger partial charge on any atom is 0.317 e. The van der Waals surface area contributed by atoms with Crippen LogP contribution in [0.25, 0.3) is 0 Å². The van der Waals surface area contributed by atoms with Crippen LogP contribution in [-0.2, 0) is 4.79 Å². The lowest BCUT2D eigenvalue weighted by Crippen LogP contribution is -2.33. The average molecular weight is 145 g/mol. The van der Waals surface area contributed by atoms with Gasteiger partial charge in [0.2, 0.25) is 0 Å². The molecule has 0 aromatic carbocycles. The molecule has 0 aliphatic carbocycles. The van der Waals surface area contributed by atoms with Gasteiger partial charge in [-0.15, -0.1) is 0 Å². The molecule has 0 radical (unpaired) electrons. The zero-order valence-electron chi connectivity index (χ0n) is 5.66. The van der Waals surface area contributed by atoms with Crippen molar-refractivity contribution < 1.29 is 15.0 Å². The summed E-state index contributed by atoms with van der Waals surface area (Å²) in [6.07, 6.45) is 1.07. The van der Waals surface area contributed by atoms with Crippen molar-refractivity contribution in [1.82, 2.24) is 4.90 Å². The summed E-state index contributed by atoms with van der Waals surface area (Å²) in [7, 11) is 0. The number of aliphatic carboxylic acids is 1. The molecule has 0 saturated carbocycles. The minimum absolute atomic E-state index is 0.0405. The lowest BCUT2D eigenvalue weighted by Gasteiger charge is -2.16. The van der Waals surface area contributed by atoms with Gasteiger partial charge >= 0.3 is 5.97 Å². The molecule has 58 valence electrons. The number of aliphatic hydroxyl groups excluding tert-OH is 1. The van der Waals surface area contributed by atoms with Crippen molar-refractivity contribution in [2.24, 2.45) is 0 Å². The molecule has 4 nitrogen and oxygen atoms in total. The van der Waals surface area contributed by atoms with E-state index < -0.39 is 12.2 Å². The molecule has 4 heteroatoms. The Morgan fingerprint density at radius 1 is 1.70 bits per heavy atom. The first kappa shape index (κ1) is 7.50. The number of carbonyl (C=O) groups is 1. The zero-order valence-corrected chi connectivity index (χ0v) is 5.66. The fraction of sp³-hybridized carbons (Fsp3) is 0.833. The van der Waals surface area contributed by atoms with E-state index in [0.717, 1.165) is 6.42 Å². The number of hydrogen-bond donors (Lipinski definition) is 2. The van der Waals surface area contributed by atoms with Crippen LogP contribution in [0.2, 0.25) is 0 Å². The molecular formula is C6H11NO3. The van der Waals surface area contributed by atoms with Gasteiger partial charge in [0.05, 0.1) is 6.54 Å². The Hall–Kier alpha value is -0.610. The van der Waals surface area contributed by atoms with E-state index in [-0.39, 0.29) is 6.54 Å². The zero-order chi connectivity index (χ0) is 7.56. The first-order valence-electron chi connectivity index (χ1n) is 3.34. The summed E-state index contributed by atoms with van der Waals surface area (Å²) in [4.78, 5) is 11.7. The van der Waals surface area contributed by atoms with Crippen molar-refractivity contribution in [2.45, 2.75) is 19.1 Å². The van der Waals surface area contributed by atoms with Gasteiger partial charge in [-0.1, -0.05) is 0 Å². The Balaban J connectivity index is 2.33.